The summed E-state index contributed by atoms with van der Waals surface area (Å²) in [5, 5.41) is 0. The molecule has 0 spiro atoms. The topological polar surface area (TPSA) is 105 Å². The van der Waals surface area contributed by atoms with Crippen LogP contribution < -0.4 is 0 Å². The van der Waals surface area contributed by atoms with Crippen molar-refractivity contribution in [2.24, 2.45) is 11.8 Å². The van der Waals surface area contributed by atoms with E-state index in [0.29, 0.717) is 49.4 Å². The number of unbranched alkanes of at least 4 members (excludes halogenated alkanes) is 14. The van der Waals surface area contributed by atoms with Crippen LogP contribution in [0.25, 0.3) is 0 Å². The first kappa shape index (κ1) is 50.3. The SMILES string of the molecule is CC(C)CCCCCOC(=O)c1ccccc1C(=O)OCCCCCC(C)C.CCCCCCCCOC(=O)c1ccccc1C(=O)OCCCCCCCC. The highest BCUT2D eigenvalue weighted by Crippen LogP contribution is 2.16. The number of ether oxygens (including phenoxy) is 4. The Morgan fingerprint density at radius 2 is 0.607 bits per heavy atom. The van der Waals surface area contributed by atoms with Gasteiger partial charge in [-0.25, -0.2) is 19.2 Å². The maximum Gasteiger partial charge on any atom is 0.339 e. The molecule has 0 N–H and O–H groups in total. The lowest BCUT2D eigenvalue weighted by molar-refractivity contribution is 0.0450. The summed E-state index contributed by atoms with van der Waals surface area (Å²) in [7, 11) is 0. The summed E-state index contributed by atoms with van der Waals surface area (Å²) in [5.74, 6) is -0.380. The van der Waals surface area contributed by atoms with Crippen LogP contribution in [0.5, 0.6) is 0 Å². The van der Waals surface area contributed by atoms with Crippen molar-refractivity contribution in [1.82, 2.24) is 0 Å². The second-order valence-corrected chi connectivity index (χ2v) is 15.7. The quantitative estimate of drug-likeness (QED) is 0.0438. The molecule has 0 saturated heterocycles. The van der Waals surface area contributed by atoms with Gasteiger partial charge in [0.15, 0.2) is 0 Å². The molecule has 0 aliphatic heterocycles. The minimum absolute atomic E-state index is 0.287. The average Bonchev–Trinajstić information content (AvgIpc) is 3.19. The van der Waals surface area contributed by atoms with Gasteiger partial charge in [-0.3, -0.25) is 0 Å². The Bertz CT molecular complexity index is 1230. The smallest absolute Gasteiger partial charge is 0.339 e. The molecule has 0 aromatic heterocycles. The molecule has 0 bridgehead atoms. The van der Waals surface area contributed by atoms with Gasteiger partial charge in [-0.1, -0.05) is 169 Å². The fourth-order valence-electron chi connectivity index (χ4n) is 6.08. The van der Waals surface area contributed by atoms with Crippen LogP contribution in [0, 0.1) is 11.8 Å². The fourth-order valence-corrected chi connectivity index (χ4v) is 6.08. The Morgan fingerprint density at radius 3 is 0.857 bits per heavy atom. The number of hydrogen-bond donors (Lipinski definition) is 0. The molecular weight excluding hydrogens is 705 g/mol. The van der Waals surface area contributed by atoms with Crippen molar-refractivity contribution in [3.05, 3.63) is 70.8 Å². The maximum atomic E-state index is 12.4. The zero-order valence-electron chi connectivity index (χ0n) is 36.0. The summed E-state index contributed by atoms with van der Waals surface area (Å²) >= 11 is 0. The minimum atomic E-state index is -0.451. The molecule has 0 radical (unpaired) electrons. The summed E-state index contributed by atoms with van der Waals surface area (Å²) in [6, 6.07) is 13.5. The second-order valence-electron chi connectivity index (χ2n) is 15.7. The molecule has 0 saturated carbocycles. The number of benzene rings is 2. The molecule has 56 heavy (non-hydrogen) atoms. The molecule has 316 valence electrons. The highest BCUT2D eigenvalue weighted by molar-refractivity contribution is 6.03. The van der Waals surface area contributed by atoms with E-state index in [-0.39, 0.29) is 11.1 Å². The Kier molecular flexibility index (Phi) is 30.1. The average molecular weight is 781 g/mol. The highest BCUT2D eigenvalue weighted by Gasteiger charge is 2.20. The number of carbonyl (C=O) groups excluding carboxylic acids is 4. The lowest BCUT2D eigenvalue weighted by Gasteiger charge is -2.10. The number of rotatable bonds is 30. The largest absolute Gasteiger partial charge is 0.462 e. The van der Waals surface area contributed by atoms with Crippen LogP contribution in [0.3, 0.4) is 0 Å². The molecule has 2 aromatic carbocycles. The molecule has 2 rings (SSSR count). The van der Waals surface area contributed by atoms with E-state index in [2.05, 4.69) is 41.5 Å². The molecule has 0 atom stereocenters. The van der Waals surface area contributed by atoms with Crippen LogP contribution in [-0.2, 0) is 18.9 Å². The third-order valence-electron chi connectivity index (χ3n) is 9.51. The van der Waals surface area contributed by atoms with E-state index in [9.17, 15) is 19.2 Å². The molecular formula is C48H76O8. The van der Waals surface area contributed by atoms with Gasteiger partial charge in [0, 0.05) is 0 Å². The van der Waals surface area contributed by atoms with Crippen molar-refractivity contribution in [1.29, 1.82) is 0 Å². The lowest BCUT2D eigenvalue weighted by Crippen LogP contribution is -2.15. The molecule has 0 amide bonds. The molecule has 0 unspecified atom stereocenters. The fraction of sp³-hybridized carbons (Fsp3) is 0.667. The summed E-state index contributed by atoms with van der Waals surface area (Å²) in [5.41, 5.74) is 1.16. The van der Waals surface area contributed by atoms with E-state index in [1.165, 1.54) is 64.2 Å². The van der Waals surface area contributed by atoms with Gasteiger partial charge < -0.3 is 18.9 Å². The minimum Gasteiger partial charge on any atom is -0.462 e. The first-order valence-electron chi connectivity index (χ1n) is 22.0. The van der Waals surface area contributed by atoms with Crippen molar-refractivity contribution in [3.8, 4) is 0 Å². The van der Waals surface area contributed by atoms with Gasteiger partial charge in [-0.15, -0.1) is 0 Å². The second kappa shape index (κ2) is 33.5. The first-order valence-corrected chi connectivity index (χ1v) is 22.0. The monoisotopic (exact) mass is 781 g/mol. The molecule has 8 nitrogen and oxygen atoms in total. The van der Waals surface area contributed by atoms with Crippen molar-refractivity contribution in [2.75, 3.05) is 26.4 Å². The Morgan fingerprint density at radius 1 is 0.375 bits per heavy atom. The van der Waals surface area contributed by atoms with Crippen LogP contribution in [0.1, 0.15) is 211 Å². The van der Waals surface area contributed by atoms with Gasteiger partial charge in [-0.05, 0) is 61.8 Å². The van der Waals surface area contributed by atoms with E-state index < -0.39 is 23.9 Å². The molecule has 8 heteroatoms. The van der Waals surface area contributed by atoms with Gasteiger partial charge in [0.25, 0.3) is 0 Å². The van der Waals surface area contributed by atoms with E-state index in [1.54, 1.807) is 48.5 Å². The lowest BCUT2D eigenvalue weighted by atomic mass is 10.1. The zero-order valence-corrected chi connectivity index (χ0v) is 36.0. The number of carbonyl (C=O) groups is 4. The molecule has 2 aromatic rings. The van der Waals surface area contributed by atoms with Gasteiger partial charge in [0.05, 0.1) is 48.7 Å². The predicted octanol–water partition coefficient (Wildman–Crippen LogP) is 13.2. The highest BCUT2D eigenvalue weighted by atomic mass is 16.5. The normalized spacial score (nSPS) is 10.9. The van der Waals surface area contributed by atoms with Crippen LogP contribution in [0.15, 0.2) is 48.5 Å². The van der Waals surface area contributed by atoms with Gasteiger partial charge in [0.1, 0.15) is 0 Å². The summed E-state index contributed by atoms with van der Waals surface area (Å²) in [4.78, 5) is 49.4. The van der Waals surface area contributed by atoms with Crippen LogP contribution in [0.4, 0.5) is 0 Å². The maximum absolute atomic E-state index is 12.4. The van der Waals surface area contributed by atoms with Crippen LogP contribution >= 0.6 is 0 Å². The molecule has 0 aliphatic carbocycles. The Balaban J connectivity index is 0.000000560. The summed E-state index contributed by atoms with van der Waals surface area (Å²) in [6.45, 7) is 14.8. The third kappa shape index (κ3) is 24.8. The summed E-state index contributed by atoms with van der Waals surface area (Å²) < 4.78 is 21.4. The Labute approximate surface area is 340 Å². The van der Waals surface area contributed by atoms with Gasteiger partial charge in [0.2, 0.25) is 0 Å². The summed E-state index contributed by atoms with van der Waals surface area (Å²) in [6.07, 6.45) is 22.1. The van der Waals surface area contributed by atoms with E-state index in [1.807, 2.05) is 0 Å². The van der Waals surface area contributed by atoms with E-state index >= 15 is 0 Å². The van der Waals surface area contributed by atoms with Gasteiger partial charge in [-0.2, -0.15) is 0 Å². The molecule has 0 fully saturated rings. The Hall–Kier alpha value is -3.68. The van der Waals surface area contributed by atoms with Crippen LogP contribution in [0.2, 0.25) is 0 Å². The first-order chi connectivity index (χ1) is 27.1. The van der Waals surface area contributed by atoms with Crippen LogP contribution in [-0.4, -0.2) is 50.3 Å². The van der Waals surface area contributed by atoms with Crippen molar-refractivity contribution < 1.29 is 38.1 Å². The predicted molar refractivity (Wildman–Crippen MR) is 227 cm³/mol. The van der Waals surface area contributed by atoms with Crippen molar-refractivity contribution in [2.45, 2.75) is 170 Å². The number of esters is 4. The van der Waals surface area contributed by atoms with Gasteiger partial charge >= 0.3 is 23.9 Å². The van der Waals surface area contributed by atoms with Crippen molar-refractivity contribution >= 4 is 23.9 Å². The third-order valence-corrected chi connectivity index (χ3v) is 9.51. The molecule has 0 aliphatic rings. The number of hydrogen-bond acceptors (Lipinski definition) is 8. The molecule has 0 heterocycles. The van der Waals surface area contributed by atoms with E-state index in [4.69, 9.17) is 18.9 Å². The zero-order chi connectivity index (χ0) is 41.2. The standard InChI is InChI=1S/2C24H38O4/c1-19(2)13-7-5-11-17-27-23(25)21-15-9-10-16-22(21)24(26)28-18-12-6-8-14-20(3)4;1-3-5-7-9-11-15-19-27-23(25)21-17-13-14-18-22(21)24(26)28-20-16-12-10-8-6-4-2/h9-10,15-16,19-20H,5-8,11-14,17-18H2,1-4H3;13-14,17-18H,3-12,15-16,19-20H2,1-2H3. The van der Waals surface area contributed by atoms with Crippen molar-refractivity contribution in [3.63, 3.8) is 0 Å². The van der Waals surface area contributed by atoms with E-state index in [0.717, 1.165) is 64.2 Å².